The number of rotatable bonds is 6. The maximum atomic E-state index is 12.6. The fourth-order valence-electron chi connectivity index (χ4n) is 2.11. The first-order valence-corrected chi connectivity index (χ1v) is 9.44. The summed E-state index contributed by atoms with van der Waals surface area (Å²) in [4.78, 5) is -0.0991. The molecule has 2 rings (SSSR count). The van der Waals surface area contributed by atoms with Crippen molar-refractivity contribution in [3.63, 3.8) is 0 Å². The molecule has 2 aromatic carbocycles. The molecule has 0 unspecified atom stereocenters. The lowest BCUT2D eigenvalue weighted by atomic mass is 10.0. The quantitative estimate of drug-likeness (QED) is 0.657. The van der Waals surface area contributed by atoms with E-state index < -0.39 is 10.1 Å². The minimum absolute atomic E-state index is 0.0991. The molecular formula is C17H19BrO5S. The zero-order valence-electron chi connectivity index (χ0n) is 13.9. The van der Waals surface area contributed by atoms with Crippen LogP contribution >= 0.6 is 15.9 Å². The number of hydrogen-bond donors (Lipinski definition) is 0. The molecule has 24 heavy (non-hydrogen) atoms. The van der Waals surface area contributed by atoms with Crippen LogP contribution < -0.4 is 13.7 Å². The summed E-state index contributed by atoms with van der Waals surface area (Å²) in [6.45, 7) is 4.12. The van der Waals surface area contributed by atoms with Crippen LogP contribution in [0.3, 0.4) is 0 Å². The van der Waals surface area contributed by atoms with Gasteiger partial charge in [-0.2, -0.15) is 8.42 Å². The zero-order valence-corrected chi connectivity index (χ0v) is 16.3. The van der Waals surface area contributed by atoms with E-state index >= 15 is 0 Å². The molecule has 0 saturated carbocycles. The van der Waals surface area contributed by atoms with Crippen molar-refractivity contribution in [1.29, 1.82) is 0 Å². The van der Waals surface area contributed by atoms with Gasteiger partial charge in [-0.15, -0.1) is 0 Å². The van der Waals surface area contributed by atoms with Gasteiger partial charge in [-0.05, 0) is 45.6 Å². The van der Waals surface area contributed by atoms with Gasteiger partial charge in [-0.3, -0.25) is 0 Å². The molecule has 0 radical (unpaired) electrons. The van der Waals surface area contributed by atoms with Gasteiger partial charge in [0.1, 0.15) is 17.2 Å². The highest BCUT2D eigenvalue weighted by Crippen LogP contribution is 2.36. The average Bonchev–Trinajstić information content (AvgIpc) is 2.54. The third-order valence-electron chi connectivity index (χ3n) is 3.46. The summed E-state index contributed by atoms with van der Waals surface area (Å²) in [7, 11) is -1.22. The van der Waals surface area contributed by atoms with E-state index in [4.69, 9.17) is 13.7 Å². The molecule has 130 valence electrons. The normalized spacial score (nSPS) is 11.4. The van der Waals surface area contributed by atoms with E-state index in [0.29, 0.717) is 16.1 Å². The molecule has 0 bridgehead atoms. The molecule has 0 amide bonds. The van der Waals surface area contributed by atoms with Gasteiger partial charge in [0.25, 0.3) is 0 Å². The Hall–Kier alpha value is -1.73. The largest absolute Gasteiger partial charge is 0.496 e. The summed E-state index contributed by atoms with van der Waals surface area (Å²) >= 11 is 3.30. The standard InChI is InChI=1S/C17H19BrO5S/c1-11(2)12-5-7-13(8-6-12)23-24(19,20)17-10-15(21-3)14(18)9-16(17)22-4/h5-11H,1-4H3. The summed E-state index contributed by atoms with van der Waals surface area (Å²) in [5, 5.41) is 0. The minimum Gasteiger partial charge on any atom is -0.496 e. The fourth-order valence-corrected chi connectivity index (χ4v) is 3.69. The van der Waals surface area contributed by atoms with Crippen molar-refractivity contribution < 1.29 is 22.1 Å². The van der Waals surface area contributed by atoms with Crippen LogP contribution in [0.2, 0.25) is 0 Å². The van der Waals surface area contributed by atoms with Crippen LogP contribution in [0.25, 0.3) is 0 Å². The first-order chi connectivity index (χ1) is 11.3. The molecule has 2 aromatic rings. The second-order valence-electron chi connectivity index (χ2n) is 5.40. The van der Waals surface area contributed by atoms with Crippen LogP contribution in [-0.4, -0.2) is 22.6 Å². The predicted molar refractivity (Wildman–Crippen MR) is 95.6 cm³/mol. The third-order valence-corrected chi connectivity index (χ3v) is 5.35. The van der Waals surface area contributed by atoms with Gasteiger partial charge < -0.3 is 13.7 Å². The topological polar surface area (TPSA) is 61.8 Å². The summed E-state index contributed by atoms with van der Waals surface area (Å²) in [6, 6.07) is 9.84. The lowest BCUT2D eigenvalue weighted by Crippen LogP contribution is -2.11. The second kappa shape index (κ2) is 7.44. The van der Waals surface area contributed by atoms with Crippen LogP contribution in [-0.2, 0) is 10.1 Å². The Bertz CT molecular complexity index is 814. The number of hydrogen-bond acceptors (Lipinski definition) is 5. The van der Waals surface area contributed by atoms with E-state index in [0.717, 1.165) is 5.56 Å². The van der Waals surface area contributed by atoms with E-state index in [9.17, 15) is 8.42 Å². The highest BCUT2D eigenvalue weighted by molar-refractivity contribution is 9.10. The maximum Gasteiger partial charge on any atom is 0.343 e. The van der Waals surface area contributed by atoms with Gasteiger partial charge >= 0.3 is 10.1 Å². The smallest absolute Gasteiger partial charge is 0.343 e. The van der Waals surface area contributed by atoms with Crippen LogP contribution in [0.5, 0.6) is 17.2 Å². The molecule has 0 N–H and O–H groups in total. The molecule has 0 spiro atoms. The van der Waals surface area contributed by atoms with E-state index in [1.165, 1.54) is 26.4 Å². The molecule has 0 aliphatic rings. The van der Waals surface area contributed by atoms with Gasteiger partial charge in [-0.1, -0.05) is 26.0 Å². The lowest BCUT2D eigenvalue weighted by Gasteiger charge is -2.13. The van der Waals surface area contributed by atoms with Crippen molar-refractivity contribution in [2.45, 2.75) is 24.7 Å². The highest BCUT2D eigenvalue weighted by atomic mass is 79.9. The van der Waals surface area contributed by atoms with Crippen LogP contribution in [0, 0.1) is 0 Å². The number of benzene rings is 2. The molecule has 0 fully saturated rings. The monoisotopic (exact) mass is 414 g/mol. The van der Waals surface area contributed by atoms with Gasteiger partial charge in [0.15, 0.2) is 4.90 Å². The van der Waals surface area contributed by atoms with Crippen molar-refractivity contribution in [2.24, 2.45) is 0 Å². The Morgan fingerprint density at radius 1 is 0.958 bits per heavy atom. The zero-order chi connectivity index (χ0) is 17.9. The highest BCUT2D eigenvalue weighted by Gasteiger charge is 2.24. The van der Waals surface area contributed by atoms with Gasteiger partial charge in [0.05, 0.1) is 18.7 Å². The van der Waals surface area contributed by atoms with E-state index in [1.54, 1.807) is 12.1 Å². The summed E-state index contributed by atoms with van der Waals surface area (Å²) in [5.74, 6) is 1.13. The maximum absolute atomic E-state index is 12.6. The Morgan fingerprint density at radius 2 is 1.54 bits per heavy atom. The van der Waals surface area contributed by atoms with Gasteiger partial charge in [0.2, 0.25) is 0 Å². The molecular weight excluding hydrogens is 396 g/mol. The SMILES string of the molecule is COc1cc(S(=O)(=O)Oc2ccc(C(C)C)cc2)c(OC)cc1Br. The van der Waals surface area contributed by atoms with Crippen molar-refractivity contribution in [2.75, 3.05) is 14.2 Å². The van der Waals surface area contributed by atoms with Crippen LogP contribution in [0.4, 0.5) is 0 Å². The number of methoxy groups -OCH3 is 2. The Labute approximate surface area is 150 Å². The Balaban J connectivity index is 2.39. The van der Waals surface area contributed by atoms with Gasteiger partial charge in [0, 0.05) is 6.07 Å². The fraction of sp³-hybridized carbons (Fsp3) is 0.294. The van der Waals surface area contributed by atoms with Gasteiger partial charge in [-0.25, -0.2) is 0 Å². The third kappa shape index (κ3) is 4.02. The van der Waals surface area contributed by atoms with E-state index in [-0.39, 0.29) is 16.4 Å². The molecule has 0 aliphatic carbocycles. The van der Waals surface area contributed by atoms with E-state index in [1.807, 2.05) is 12.1 Å². The van der Waals surface area contributed by atoms with Crippen molar-refractivity contribution in [1.82, 2.24) is 0 Å². The molecule has 7 heteroatoms. The molecule has 0 saturated heterocycles. The van der Waals surface area contributed by atoms with Crippen LogP contribution in [0.15, 0.2) is 45.8 Å². The summed E-state index contributed by atoms with van der Waals surface area (Å²) in [5.41, 5.74) is 1.10. The lowest BCUT2D eigenvalue weighted by molar-refractivity contribution is 0.386. The van der Waals surface area contributed by atoms with Crippen molar-refractivity contribution >= 4 is 26.0 Å². The van der Waals surface area contributed by atoms with Crippen molar-refractivity contribution in [3.05, 3.63) is 46.4 Å². The number of halogens is 1. The second-order valence-corrected chi connectivity index (χ2v) is 7.77. The molecule has 0 heterocycles. The predicted octanol–water partition coefficient (Wildman–Crippen LogP) is 4.36. The Morgan fingerprint density at radius 3 is 2.04 bits per heavy atom. The number of ether oxygens (including phenoxy) is 2. The van der Waals surface area contributed by atoms with E-state index in [2.05, 4.69) is 29.8 Å². The average molecular weight is 415 g/mol. The summed E-state index contributed by atoms with van der Waals surface area (Å²) in [6.07, 6.45) is 0. The molecule has 0 aliphatic heterocycles. The Kier molecular flexibility index (Phi) is 5.77. The molecule has 5 nitrogen and oxygen atoms in total. The minimum atomic E-state index is -4.06. The van der Waals surface area contributed by atoms with Crippen LogP contribution in [0.1, 0.15) is 25.3 Å². The molecule has 0 aromatic heterocycles. The van der Waals surface area contributed by atoms with Crippen molar-refractivity contribution in [3.8, 4) is 17.2 Å². The molecule has 0 atom stereocenters. The first kappa shape index (κ1) is 18.6. The first-order valence-electron chi connectivity index (χ1n) is 7.24. The summed E-state index contributed by atoms with van der Waals surface area (Å²) < 4.78 is 41.3.